The second-order valence-corrected chi connectivity index (χ2v) is 6.43. The minimum absolute atomic E-state index is 0.107. The van der Waals surface area contributed by atoms with Crippen molar-refractivity contribution in [2.45, 2.75) is 32.2 Å². The molecule has 0 radical (unpaired) electrons. The van der Waals surface area contributed by atoms with Crippen molar-refractivity contribution in [3.8, 4) is 0 Å². The number of anilines is 1. The third kappa shape index (κ3) is 2.70. The Bertz CT molecular complexity index is 767. The number of hydrogen-bond donors (Lipinski definition) is 1. The van der Waals surface area contributed by atoms with Gasteiger partial charge >= 0.3 is 0 Å². The Balaban J connectivity index is 1.43. The maximum absolute atomic E-state index is 12.7. The van der Waals surface area contributed by atoms with E-state index in [1.165, 1.54) is 17.5 Å². The summed E-state index contributed by atoms with van der Waals surface area (Å²) < 4.78 is 5.20. The van der Waals surface area contributed by atoms with Crippen LogP contribution in [0.3, 0.4) is 0 Å². The first kappa shape index (κ1) is 15.0. The van der Waals surface area contributed by atoms with Crippen LogP contribution in [0, 0.1) is 5.92 Å². The van der Waals surface area contributed by atoms with Gasteiger partial charge in [-0.3, -0.25) is 9.59 Å². The summed E-state index contributed by atoms with van der Waals surface area (Å²) in [6.45, 7) is 0.908. The molecule has 4 rings (SSSR count). The Morgan fingerprint density at radius 3 is 2.96 bits per heavy atom. The van der Waals surface area contributed by atoms with Gasteiger partial charge < -0.3 is 14.6 Å². The van der Waals surface area contributed by atoms with E-state index in [0.717, 1.165) is 18.5 Å². The molecule has 1 atom stereocenters. The third-order valence-electron chi connectivity index (χ3n) is 4.93. The first-order valence-electron chi connectivity index (χ1n) is 8.45. The van der Waals surface area contributed by atoms with Gasteiger partial charge in [0.2, 0.25) is 11.8 Å². The summed E-state index contributed by atoms with van der Waals surface area (Å²) in [7, 11) is 0. The van der Waals surface area contributed by atoms with Crippen LogP contribution in [0.4, 0.5) is 5.69 Å². The van der Waals surface area contributed by atoms with Crippen LogP contribution in [0.25, 0.3) is 0 Å². The Morgan fingerprint density at radius 2 is 2.12 bits per heavy atom. The van der Waals surface area contributed by atoms with Gasteiger partial charge in [0.1, 0.15) is 11.7 Å². The second-order valence-electron chi connectivity index (χ2n) is 6.43. The zero-order chi connectivity index (χ0) is 16.5. The molecule has 1 saturated heterocycles. The van der Waals surface area contributed by atoms with Gasteiger partial charge in [0.15, 0.2) is 0 Å². The van der Waals surface area contributed by atoms with E-state index in [-0.39, 0.29) is 11.8 Å². The fraction of sp³-hybridized carbons (Fsp3) is 0.368. The van der Waals surface area contributed by atoms with Gasteiger partial charge in [0.05, 0.1) is 12.8 Å². The van der Waals surface area contributed by atoms with Crippen molar-refractivity contribution in [3.63, 3.8) is 0 Å². The van der Waals surface area contributed by atoms with Crippen LogP contribution in [0.15, 0.2) is 41.0 Å². The SMILES string of the molecule is O=C(NCc1ccco1)C1CCN(c2ccc3c(c2)CCC3)C1=O. The monoisotopic (exact) mass is 324 g/mol. The average molecular weight is 324 g/mol. The van der Waals surface area contributed by atoms with E-state index in [4.69, 9.17) is 4.42 Å². The molecule has 0 spiro atoms. The number of carbonyl (C=O) groups excluding carboxylic acids is 2. The summed E-state index contributed by atoms with van der Waals surface area (Å²) in [5.74, 6) is -0.248. The van der Waals surface area contributed by atoms with E-state index >= 15 is 0 Å². The molecule has 5 nitrogen and oxygen atoms in total. The van der Waals surface area contributed by atoms with Crippen LogP contribution < -0.4 is 10.2 Å². The molecule has 2 aliphatic rings. The molecule has 2 amide bonds. The van der Waals surface area contributed by atoms with E-state index in [2.05, 4.69) is 17.4 Å². The molecule has 1 aromatic heterocycles. The van der Waals surface area contributed by atoms with Gasteiger partial charge in [0, 0.05) is 12.2 Å². The zero-order valence-electron chi connectivity index (χ0n) is 13.5. The van der Waals surface area contributed by atoms with Crippen LogP contribution in [-0.2, 0) is 29.0 Å². The lowest BCUT2D eigenvalue weighted by atomic mass is 10.1. The quantitative estimate of drug-likeness (QED) is 0.879. The van der Waals surface area contributed by atoms with Gasteiger partial charge in [0.25, 0.3) is 0 Å². The molecule has 1 N–H and O–H groups in total. The van der Waals surface area contributed by atoms with Crippen molar-refractivity contribution in [2.75, 3.05) is 11.4 Å². The van der Waals surface area contributed by atoms with Gasteiger partial charge in [-0.15, -0.1) is 0 Å². The van der Waals surface area contributed by atoms with Crippen LogP contribution in [0.5, 0.6) is 0 Å². The first-order chi connectivity index (χ1) is 11.7. The zero-order valence-corrected chi connectivity index (χ0v) is 13.5. The van der Waals surface area contributed by atoms with Crippen LogP contribution in [-0.4, -0.2) is 18.4 Å². The molecule has 0 saturated carbocycles. The minimum Gasteiger partial charge on any atom is -0.467 e. The molecule has 1 unspecified atom stereocenters. The Labute approximate surface area is 140 Å². The van der Waals surface area contributed by atoms with E-state index in [9.17, 15) is 9.59 Å². The number of rotatable bonds is 4. The highest BCUT2D eigenvalue weighted by atomic mass is 16.3. The number of nitrogens with one attached hydrogen (secondary N) is 1. The predicted octanol–water partition coefficient (Wildman–Crippen LogP) is 2.44. The van der Waals surface area contributed by atoms with Crippen molar-refractivity contribution in [2.24, 2.45) is 5.92 Å². The molecule has 5 heteroatoms. The number of furan rings is 1. The summed E-state index contributed by atoms with van der Waals surface area (Å²) in [5.41, 5.74) is 3.64. The molecule has 24 heavy (non-hydrogen) atoms. The van der Waals surface area contributed by atoms with Crippen LogP contribution >= 0.6 is 0 Å². The standard InChI is InChI=1S/C19H20N2O3/c22-18(20-12-16-5-2-10-24-16)17-8-9-21(19(17)23)15-7-6-13-3-1-4-14(13)11-15/h2,5-7,10-11,17H,1,3-4,8-9,12H2,(H,20,22). The minimum atomic E-state index is -0.604. The first-order valence-corrected chi connectivity index (χ1v) is 8.45. The lowest BCUT2D eigenvalue weighted by Crippen LogP contribution is -2.36. The van der Waals surface area contributed by atoms with E-state index in [0.29, 0.717) is 25.3 Å². The van der Waals surface area contributed by atoms with Crippen molar-refractivity contribution in [1.29, 1.82) is 0 Å². The smallest absolute Gasteiger partial charge is 0.239 e. The number of amides is 2. The third-order valence-corrected chi connectivity index (χ3v) is 4.93. The predicted molar refractivity (Wildman–Crippen MR) is 89.5 cm³/mol. The second kappa shape index (κ2) is 6.15. The summed E-state index contributed by atoms with van der Waals surface area (Å²) in [6.07, 6.45) is 5.52. The maximum Gasteiger partial charge on any atom is 0.239 e. The normalized spacial score (nSPS) is 19.6. The number of carbonyl (C=O) groups is 2. The number of hydrogen-bond acceptors (Lipinski definition) is 3. The fourth-order valence-corrected chi connectivity index (χ4v) is 3.62. The molecule has 1 aliphatic heterocycles. The Hall–Kier alpha value is -2.56. The van der Waals surface area contributed by atoms with E-state index in [1.807, 2.05) is 6.07 Å². The highest BCUT2D eigenvalue weighted by molar-refractivity contribution is 6.09. The number of nitrogens with zero attached hydrogens (tertiary/aromatic N) is 1. The van der Waals surface area contributed by atoms with Crippen molar-refractivity contribution in [3.05, 3.63) is 53.5 Å². The molecule has 124 valence electrons. The highest BCUT2D eigenvalue weighted by Crippen LogP contribution is 2.30. The van der Waals surface area contributed by atoms with Crippen molar-refractivity contribution >= 4 is 17.5 Å². The topological polar surface area (TPSA) is 62.6 Å². The van der Waals surface area contributed by atoms with Gasteiger partial charge in [-0.1, -0.05) is 6.07 Å². The van der Waals surface area contributed by atoms with Gasteiger partial charge in [-0.25, -0.2) is 0 Å². The number of fused-ring (bicyclic) bond motifs is 1. The molecule has 1 fully saturated rings. The van der Waals surface area contributed by atoms with Crippen LogP contribution in [0.2, 0.25) is 0 Å². The van der Waals surface area contributed by atoms with Gasteiger partial charge in [-0.05, 0) is 61.1 Å². The summed E-state index contributed by atoms with van der Waals surface area (Å²) in [5, 5.41) is 2.79. The molecule has 1 aliphatic carbocycles. The lowest BCUT2D eigenvalue weighted by Gasteiger charge is -2.18. The summed E-state index contributed by atoms with van der Waals surface area (Å²) in [4.78, 5) is 26.7. The number of aryl methyl sites for hydroxylation is 2. The lowest BCUT2D eigenvalue weighted by molar-refractivity contribution is -0.132. The highest BCUT2D eigenvalue weighted by Gasteiger charge is 2.37. The molecule has 2 heterocycles. The maximum atomic E-state index is 12.7. The molecular weight excluding hydrogens is 304 g/mol. The molecule has 2 aromatic rings. The fourth-order valence-electron chi connectivity index (χ4n) is 3.62. The number of benzene rings is 1. The molecular formula is C19H20N2O3. The van der Waals surface area contributed by atoms with Crippen molar-refractivity contribution < 1.29 is 14.0 Å². The van der Waals surface area contributed by atoms with E-state index < -0.39 is 5.92 Å². The Kier molecular flexibility index (Phi) is 3.84. The average Bonchev–Trinajstić information content (AvgIpc) is 3.32. The molecule has 1 aromatic carbocycles. The summed E-state index contributed by atoms with van der Waals surface area (Å²) >= 11 is 0. The summed E-state index contributed by atoms with van der Waals surface area (Å²) in [6, 6.07) is 9.81. The Morgan fingerprint density at radius 1 is 1.25 bits per heavy atom. The van der Waals surface area contributed by atoms with Gasteiger partial charge in [-0.2, -0.15) is 0 Å². The van der Waals surface area contributed by atoms with E-state index in [1.54, 1.807) is 23.3 Å². The van der Waals surface area contributed by atoms with Crippen molar-refractivity contribution in [1.82, 2.24) is 5.32 Å². The molecule has 0 bridgehead atoms. The van der Waals surface area contributed by atoms with Crippen LogP contribution in [0.1, 0.15) is 29.7 Å². The largest absolute Gasteiger partial charge is 0.467 e.